The maximum Gasteiger partial charge on any atom is 0.407 e. The first kappa shape index (κ1) is 21.8. The Morgan fingerprint density at radius 3 is 3.06 bits per heavy atom. The Labute approximate surface area is 193 Å². The largest absolute Gasteiger partial charge is 0.446 e. The van der Waals surface area contributed by atoms with Crippen LogP contribution in [0.15, 0.2) is 35.4 Å². The molecule has 0 fully saturated rings. The predicted octanol–water partition coefficient (Wildman–Crippen LogP) is 3.85. The standard InChI is InChI=1S/C22H21N5O3S2/c1-27-13-24-10-15(27)11-25-22(29)30-16-3-4-17-18(9-23)21(32-19(17)8-16)26-20(28)5-2-14-6-7-31-12-14/h2,5-7,10,12-13,16H,3-4,8,11H2,1H3,(H,25,29)(H,26,28). The third-order valence-electron chi connectivity index (χ3n) is 5.14. The van der Waals surface area contributed by atoms with Gasteiger partial charge in [-0.05, 0) is 46.9 Å². The molecule has 3 aromatic rings. The number of imidazole rings is 1. The van der Waals surface area contributed by atoms with Gasteiger partial charge in [0.05, 0.1) is 24.1 Å². The topological polar surface area (TPSA) is 109 Å². The van der Waals surface area contributed by atoms with Gasteiger partial charge in [0.25, 0.3) is 0 Å². The molecule has 1 atom stereocenters. The van der Waals surface area contributed by atoms with Crippen molar-refractivity contribution in [2.45, 2.75) is 31.9 Å². The first-order chi connectivity index (χ1) is 15.5. The summed E-state index contributed by atoms with van der Waals surface area (Å²) in [5, 5.41) is 19.6. The number of hydrogen-bond acceptors (Lipinski definition) is 7. The molecule has 0 aromatic carbocycles. The molecule has 10 heteroatoms. The Hall–Kier alpha value is -3.42. The number of thiophene rings is 2. The van der Waals surface area contributed by atoms with Gasteiger partial charge in [-0.2, -0.15) is 16.6 Å². The summed E-state index contributed by atoms with van der Waals surface area (Å²) in [6, 6.07) is 4.14. The van der Waals surface area contributed by atoms with Crippen LogP contribution in [0, 0.1) is 11.3 Å². The number of hydrogen-bond donors (Lipinski definition) is 2. The number of alkyl carbamates (subject to hydrolysis) is 1. The highest BCUT2D eigenvalue weighted by Crippen LogP contribution is 2.38. The van der Waals surface area contributed by atoms with Crippen LogP contribution in [0.1, 0.15) is 33.7 Å². The van der Waals surface area contributed by atoms with Crippen LogP contribution in [-0.2, 0) is 36.0 Å². The van der Waals surface area contributed by atoms with Gasteiger partial charge in [-0.15, -0.1) is 11.3 Å². The van der Waals surface area contributed by atoms with Gasteiger partial charge in [-0.25, -0.2) is 9.78 Å². The summed E-state index contributed by atoms with van der Waals surface area (Å²) < 4.78 is 7.40. The summed E-state index contributed by atoms with van der Waals surface area (Å²) in [4.78, 5) is 29.5. The van der Waals surface area contributed by atoms with Gasteiger partial charge in [0.15, 0.2) is 0 Å². The van der Waals surface area contributed by atoms with Crippen LogP contribution >= 0.6 is 22.7 Å². The molecule has 0 saturated heterocycles. The lowest BCUT2D eigenvalue weighted by molar-refractivity contribution is -0.111. The number of amides is 2. The van der Waals surface area contributed by atoms with Gasteiger partial charge in [0.1, 0.15) is 17.2 Å². The second kappa shape index (κ2) is 9.80. The number of aromatic nitrogens is 2. The van der Waals surface area contributed by atoms with E-state index in [4.69, 9.17) is 4.74 Å². The molecule has 1 unspecified atom stereocenters. The van der Waals surface area contributed by atoms with Crippen LogP contribution in [0.4, 0.5) is 9.80 Å². The molecular weight excluding hydrogens is 446 g/mol. The number of aryl methyl sites for hydroxylation is 1. The van der Waals surface area contributed by atoms with Gasteiger partial charge in [0.2, 0.25) is 5.91 Å². The van der Waals surface area contributed by atoms with Crippen LogP contribution in [0.2, 0.25) is 0 Å². The van der Waals surface area contributed by atoms with Gasteiger partial charge >= 0.3 is 6.09 Å². The first-order valence-electron chi connectivity index (χ1n) is 9.99. The molecule has 8 nitrogen and oxygen atoms in total. The minimum atomic E-state index is -0.483. The molecule has 2 amide bonds. The van der Waals surface area contributed by atoms with Gasteiger partial charge in [-0.3, -0.25) is 4.79 Å². The zero-order valence-electron chi connectivity index (χ0n) is 17.3. The minimum Gasteiger partial charge on any atom is -0.446 e. The second-order valence-corrected chi connectivity index (χ2v) is 9.20. The fourth-order valence-corrected chi connectivity index (χ4v) is 5.36. The number of rotatable bonds is 6. The maximum atomic E-state index is 12.3. The molecule has 0 spiro atoms. The van der Waals surface area contributed by atoms with Gasteiger partial charge in [-0.1, -0.05) is 0 Å². The highest BCUT2D eigenvalue weighted by Gasteiger charge is 2.28. The third kappa shape index (κ3) is 5.07. The van der Waals surface area contributed by atoms with Crippen molar-refractivity contribution in [3.63, 3.8) is 0 Å². The summed E-state index contributed by atoms with van der Waals surface area (Å²) in [5.74, 6) is -0.284. The number of nitriles is 1. The van der Waals surface area contributed by atoms with E-state index in [-0.39, 0.29) is 12.0 Å². The van der Waals surface area contributed by atoms with E-state index >= 15 is 0 Å². The first-order valence-corrected chi connectivity index (χ1v) is 11.7. The smallest absolute Gasteiger partial charge is 0.407 e. The van der Waals surface area contributed by atoms with Crippen molar-refractivity contribution < 1.29 is 14.3 Å². The molecule has 0 aliphatic heterocycles. The average molecular weight is 468 g/mol. The van der Waals surface area contributed by atoms with E-state index in [9.17, 15) is 14.9 Å². The highest BCUT2D eigenvalue weighted by molar-refractivity contribution is 7.16. The molecule has 164 valence electrons. The maximum absolute atomic E-state index is 12.3. The lowest BCUT2D eigenvalue weighted by Crippen LogP contribution is -2.32. The van der Waals surface area contributed by atoms with Crippen molar-refractivity contribution in [3.05, 3.63) is 62.7 Å². The number of fused-ring (bicyclic) bond motifs is 1. The van der Waals surface area contributed by atoms with Crippen molar-refractivity contribution in [3.8, 4) is 6.07 Å². The number of anilines is 1. The molecule has 1 aliphatic rings. The Morgan fingerprint density at radius 1 is 1.47 bits per heavy atom. The van der Waals surface area contributed by atoms with Crippen molar-refractivity contribution >= 4 is 45.8 Å². The van der Waals surface area contributed by atoms with Crippen LogP contribution in [-0.4, -0.2) is 27.7 Å². The quantitative estimate of drug-likeness (QED) is 0.535. The summed E-state index contributed by atoms with van der Waals surface area (Å²) >= 11 is 2.93. The minimum absolute atomic E-state index is 0.277. The van der Waals surface area contributed by atoms with E-state index in [1.807, 2.05) is 28.4 Å². The van der Waals surface area contributed by atoms with Crippen LogP contribution in [0.5, 0.6) is 0 Å². The molecule has 3 heterocycles. The number of nitrogens with one attached hydrogen (secondary N) is 2. The average Bonchev–Trinajstić information content (AvgIpc) is 3.50. The van der Waals surface area contributed by atoms with E-state index in [1.54, 1.807) is 29.9 Å². The Balaban J connectivity index is 1.36. The normalized spacial score (nSPS) is 15.2. The zero-order valence-corrected chi connectivity index (χ0v) is 19.0. The molecule has 32 heavy (non-hydrogen) atoms. The molecule has 0 saturated carbocycles. The summed E-state index contributed by atoms with van der Waals surface area (Å²) in [7, 11) is 1.86. The van der Waals surface area contributed by atoms with E-state index < -0.39 is 6.09 Å². The predicted molar refractivity (Wildman–Crippen MR) is 123 cm³/mol. The molecule has 4 rings (SSSR count). The summed E-state index contributed by atoms with van der Waals surface area (Å²) in [6.07, 6.45) is 7.56. The third-order valence-corrected chi connectivity index (χ3v) is 7.01. The van der Waals surface area contributed by atoms with Gasteiger partial charge < -0.3 is 19.9 Å². The molecule has 0 radical (unpaired) electrons. The Morgan fingerprint density at radius 2 is 2.34 bits per heavy atom. The van der Waals surface area contributed by atoms with Crippen molar-refractivity contribution in [2.75, 3.05) is 5.32 Å². The second-order valence-electron chi connectivity index (χ2n) is 7.32. The van der Waals surface area contributed by atoms with Crippen LogP contribution in [0.3, 0.4) is 0 Å². The molecule has 2 N–H and O–H groups in total. The fourth-order valence-electron chi connectivity index (χ4n) is 3.47. The lowest BCUT2D eigenvalue weighted by atomic mass is 9.94. The van der Waals surface area contributed by atoms with Crippen LogP contribution < -0.4 is 10.6 Å². The monoisotopic (exact) mass is 467 g/mol. The van der Waals surface area contributed by atoms with E-state index in [0.29, 0.717) is 36.4 Å². The van der Waals surface area contributed by atoms with Gasteiger partial charge in [0, 0.05) is 30.6 Å². The lowest BCUT2D eigenvalue weighted by Gasteiger charge is -2.22. The molecule has 0 bridgehead atoms. The van der Waals surface area contributed by atoms with E-state index in [1.165, 1.54) is 17.4 Å². The van der Waals surface area contributed by atoms with Crippen molar-refractivity contribution in [2.24, 2.45) is 7.05 Å². The van der Waals surface area contributed by atoms with Crippen molar-refractivity contribution in [1.29, 1.82) is 5.26 Å². The Kier molecular flexibility index (Phi) is 6.68. The van der Waals surface area contributed by atoms with E-state index in [2.05, 4.69) is 21.7 Å². The Bertz CT molecular complexity index is 1190. The van der Waals surface area contributed by atoms with E-state index in [0.717, 1.165) is 21.7 Å². The number of nitrogens with zero attached hydrogens (tertiary/aromatic N) is 3. The van der Waals surface area contributed by atoms with Crippen LogP contribution in [0.25, 0.3) is 6.08 Å². The summed E-state index contributed by atoms with van der Waals surface area (Å²) in [5.41, 5.74) is 3.27. The zero-order chi connectivity index (χ0) is 22.5. The fraction of sp³-hybridized carbons (Fsp3) is 0.273. The molecular formula is C22H21N5O3S2. The number of carbonyl (C=O) groups excluding carboxylic acids is 2. The summed E-state index contributed by atoms with van der Waals surface area (Å²) in [6.45, 7) is 0.333. The number of ether oxygens (including phenoxy) is 1. The van der Waals surface area contributed by atoms with Crippen molar-refractivity contribution in [1.82, 2.24) is 14.9 Å². The molecule has 1 aliphatic carbocycles. The number of carbonyl (C=O) groups is 2. The highest BCUT2D eigenvalue weighted by atomic mass is 32.1. The molecule has 3 aromatic heterocycles. The SMILES string of the molecule is Cn1cncc1CNC(=O)OC1CCc2c(sc(NC(=O)C=Cc3ccsc3)c2C#N)C1.